The minimum Gasteiger partial charge on any atom is -0.449 e. The highest BCUT2D eigenvalue weighted by molar-refractivity contribution is 7.89. The second-order valence-electron chi connectivity index (χ2n) is 7.05. The Morgan fingerprint density at radius 3 is 2.31 bits per heavy atom. The van der Waals surface area contributed by atoms with Crippen molar-refractivity contribution in [2.75, 3.05) is 12.4 Å². The van der Waals surface area contributed by atoms with Crippen molar-refractivity contribution >= 4 is 27.6 Å². The fourth-order valence-corrected chi connectivity index (χ4v) is 3.89. The standard InChI is InChI=1S/C21H26N2O5S/c1-14(2)23(5)29(26,27)19-11-7-9-17(13-19)21(25)28-16(4)20(24)22-18-10-6-8-15(3)12-18/h6-14,16H,1-5H3,(H,22,24)/t16-/m1/s1. The number of hydrogen-bond acceptors (Lipinski definition) is 5. The van der Waals surface area contributed by atoms with Gasteiger partial charge in [-0.15, -0.1) is 0 Å². The number of rotatable bonds is 7. The summed E-state index contributed by atoms with van der Waals surface area (Å²) in [5.41, 5.74) is 1.64. The lowest BCUT2D eigenvalue weighted by molar-refractivity contribution is -0.123. The fraction of sp³-hybridized carbons (Fsp3) is 0.333. The van der Waals surface area contributed by atoms with Gasteiger partial charge < -0.3 is 10.1 Å². The maximum atomic E-state index is 12.6. The predicted molar refractivity (Wildman–Crippen MR) is 111 cm³/mol. The summed E-state index contributed by atoms with van der Waals surface area (Å²) in [6.45, 7) is 6.86. The average Bonchev–Trinajstić information content (AvgIpc) is 2.67. The van der Waals surface area contributed by atoms with Crippen molar-refractivity contribution in [2.24, 2.45) is 0 Å². The van der Waals surface area contributed by atoms with Gasteiger partial charge in [-0.1, -0.05) is 18.2 Å². The van der Waals surface area contributed by atoms with Gasteiger partial charge in [0.1, 0.15) is 0 Å². The number of esters is 1. The van der Waals surface area contributed by atoms with Gasteiger partial charge in [0.15, 0.2) is 6.10 Å². The Labute approximate surface area is 171 Å². The lowest BCUT2D eigenvalue weighted by Crippen LogP contribution is -2.33. The number of nitrogens with one attached hydrogen (secondary N) is 1. The summed E-state index contributed by atoms with van der Waals surface area (Å²) in [5, 5.41) is 2.68. The summed E-state index contributed by atoms with van der Waals surface area (Å²) < 4.78 is 31.7. The number of nitrogens with zero attached hydrogens (tertiary/aromatic N) is 1. The summed E-state index contributed by atoms with van der Waals surface area (Å²) in [6, 6.07) is 12.6. The number of carbonyl (C=O) groups is 2. The van der Waals surface area contributed by atoms with Crippen LogP contribution in [0.15, 0.2) is 53.4 Å². The highest BCUT2D eigenvalue weighted by atomic mass is 32.2. The van der Waals surface area contributed by atoms with Crippen LogP contribution in [0.3, 0.4) is 0 Å². The van der Waals surface area contributed by atoms with Crippen molar-refractivity contribution < 1.29 is 22.7 Å². The molecule has 1 N–H and O–H groups in total. The highest BCUT2D eigenvalue weighted by Crippen LogP contribution is 2.19. The molecule has 1 amide bonds. The summed E-state index contributed by atoms with van der Waals surface area (Å²) in [5.74, 6) is -1.26. The first-order valence-corrected chi connectivity index (χ1v) is 10.6. The number of benzene rings is 2. The first-order chi connectivity index (χ1) is 13.5. The Bertz CT molecular complexity index is 1000. The van der Waals surface area contributed by atoms with Crippen LogP contribution in [0.5, 0.6) is 0 Å². The lowest BCUT2D eigenvalue weighted by atomic mass is 10.2. The van der Waals surface area contributed by atoms with Gasteiger partial charge >= 0.3 is 5.97 Å². The molecule has 0 saturated heterocycles. The number of carbonyl (C=O) groups excluding carboxylic acids is 2. The van der Waals surface area contributed by atoms with Crippen molar-refractivity contribution in [1.82, 2.24) is 4.31 Å². The zero-order chi connectivity index (χ0) is 21.8. The minimum atomic E-state index is -3.74. The molecule has 156 valence electrons. The van der Waals surface area contributed by atoms with Gasteiger partial charge in [0.25, 0.3) is 5.91 Å². The van der Waals surface area contributed by atoms with Crippen LogP contribution in [-0.2, 0) is 19.6 Å². The minimum absolute atomic E-state index is 0.0139. The van der Waals surface area contributed by atoms with E-state index < -0.39 is 28.0 Å². The Hall–Kier alpha value is -2.71. The van der Waals surface area contributed by atoms with E-state index in [-0.39, 0.29) is 16.5 Å². The number of aryl methyl sites for hydroxylation is 1. The average molecular weight is 419 g/mol. The molecule has 0 aliphatic heterocycles. The normalized spacial score (nSPS) is 12.7. The summed E-state index contributed by atoms with van der Waals surface area (Å²) in [6.07, 6.45) is -1.05. The van der Waals surface area contributed by atoms with E-state index in [1.807, 2.05) is 19.1 Å². The Kier molecular flexibility index (Phi) is 7.16. The van der Waals surface area contributed by atoms with Gasteiger partial charge in [-0.25, -0.2) is 13.2 Å². The van der Waals surface area contributed by atoms with E-state index in [0.717, 1.165) is 5.56 Å². The molecule has 0 aromatic heterocycles. The van der Waals surface area contributed by atoms with E-state index in [4.69, 9.17) is 4.74 Å². The number of ether oxygens (including phenoxy) is 1. The molecule has 0 fully saturated rings. The second kappa shape index (κ2) is 9.19. The Morgan fingerprint density at radius 1 is 1.03 bits per heavy atom. The summed E-state index contributed by atoms with van der Waals surface area (Å²) in [4.78, 5) is 24.7. The summed E-state index contributed by atoms with van der Waals surface area (Å²) >= 11 is 0. The van der Waals surface area contributed by atoms with Crippen LogP contribution in [0.4, 0.5) is 5.69 Å². The van der Waals surface area contributed by atoms with Crippen LogP contribution in [0.1, 0.15) is 36.7 Å². The quantitative estimate of drug-likeness (QED) is 0.697. The van der Waals surface area contributed by atoms with E-state index in [9.17, 15) is 18.0 Å². The highest BCUT2D eigenvalue weighted by Gasteiger charge is 2.25. The molecule has 29 heavy (non-hydrogen) atoms. The zero-order valence-electron chi connectivity index (χ0n) is 17.2. The van der Waals surface area contributed by atoms with Crippen LogP contribution in [0.25, 0.3) is 0 Å². The van der Waals surface area contributed by atoms with Crippen molar-refractivity contribution in [2.45, 2.75) is 44.7 Å². The van der Waals surface area contributed by atoms with Gasteiger partial charge in [-0.3, -0.25) is 4.79 Å². The topological polar surface area (TPSA) is 92.8 Å². The van der Waals surface area contributed by atoms with Crippen molar-refractivity contribution in [1.29, 1.82) is 0 Å². The third kappa shape index (κ3) is 5.65. The molecule has 0 saturated carbocycles. The first-order valence-electron chi connectivity index (χ1n) is 9.19. The molecule has 2 rings (SSSR count). The van der Waals surface area contributed by atoms with Crippen LogP contribution < -0.4 is 5.32 Å². The molecule has 0 aliphatic rings. The van der Waals surface area contributed by atoms with E-state index in [0.29, 0.717) is 5.69 Å². The molecule has 1 atom stereocenters. The largest absolute Gasteiger partial charge is 0.449 e. The molecule has 7 nitrogen and oxygen atoms in total. The zero-order valence-corrected chi connectivity index (χ0v) is 18.0. The molecular weight excluding hydrogens is 392 g/mol. The maximum absolute atomic E-state index is 12.6. The third-order valence-corrected chi connectivity index (χ3v) is 6.44. The number of amides is 1. The Morgan fingerprint density at radius 2 is 1.69 bits per heavy atom. The van der Waals surface area contributed by atoms with E-state index in [1.165, 1.54) is 42.5 Å². The van der Waals surface area contributed by atoms with E-state index in [1.54, 1.807) is 26.0 Å². The molecule has 2 aromatic carbocycles. The molecular formula is C21H26N2O5S. The van der Waals surface area contributed by atoms with Gasteiger partial charge in [-0.05, 0) is 63.6 Å². The molecule has 0 spiro atoms. The molecule has 0 unspecified atom stereocenters. The molecule has 0 radical (unpaired) electrons. The van der Waals surface area contributed by atoms with Gasteiger partial charge in [-0.2, -0.15) is 4.31 Å². The summed E-state index contributed by atoms with van der Waals surface area (Å²) in [7, 11) is -2.26. The fourth-order valence-electron chi connectivity index (χ4n) is 2.48. The second-order valence-corrected chi connectivity index (χ2v) is 9.05. The molecule has 8 heteroatoms. The molecule has 0 aliphatic carbocycles. The van der Waals surface area contributed by atoms with Crippen molar-refractivity contribution in [3.63, 3.8) is 0 Å². The van der Waals surface area contributed by atoms with E-state index >= 15 is 0 Å². The third-order valence-electron chi connectivity index (χ3n) is 4.41. The number of anilines is 1. The predicted octanol–water partition coefficient (Wildman–Crippen LogP) is 3.21. The number of hydrogen-bond donors (Lipinski definition) is 1. The van der Waals surface area contributed by atoms with Gasteiger partial charge in [0.2, 0.25) is 10.0 Å². The molecule has 0 bridgehead atoms. The van der Waals surface area contributed by atoms with Crippen LogP contribution in [0.2, 0.25) is 0 Å². The lowest BCUT2D eigenvalue weighted by Gasteiger charge is -2.21. The molecule has 0 heterocycles. The molecule has 2 aromatic rings. The van der Waals surface area contributed by atoms with Gasteiger partial charge in [0, 0.05) is 18.8 Å². The van der Waals surface area contributed by atoms with Crippen molar-refractivity contribution in [3.05, 3.63) is 59.7 Å². The van der Waals surface area contributed by atoms with Crippen LogP contribution in [-0.4, -0.2) is 43.8 Å². The SMILES string of the molecule is Cc1cccc(NC(=O)[C@@H](C)OC(=O)c2cccc(S(=O)(=O)N(C)C(C)C)c2)c1. The van der Waals surface area contributed by atoms with Crippen LogP contribution in [0, 0.1) is 6.92 Å². The van der Waals surface area contributed by atoms with Crippen LogP contribution >= 0.6 is 0 Å². The number of sulfonamides is 1. The monoisotopic (exact) mass is 418 g/mol. The van der Waals surface area contributed by atoms with Crippen molar-refractivity contribution in [3.8, 4) is 0 Å². The Balaban J connectivity index is 2.11. The van der Waals surface area contributed by atoms with E-state index in [2.05, 4.69) is 5.32 Å². The first kappa shape index (κ1) is 22.6. The maximum Gasteiger partial charge on any atom is 0.338 e. The smallest absolute Gasteiger partial charge is 0.338 e. The van der Waals surface area contributed by atoms with Gasteiger partial charge in [0.05, 0.1) is 10.5 Å².